The lowest BCUT2D eigenvalue weighted by atomic mass is 9.93. The van der Waals surface area contributed by atoms with Crippen molar-refractivity contribution in [2.45, 2.75) is 26.2 Å². The minimum Gasteiger partial charge on any atom is -0.494 e. The first-order valence-corrected chi connectivity index (χ1v) is 7.08. The predicted octanol–water partition coefficient (Wildman–Crippen LogP) is 3.07. The van der Waals surface area contributed by atoms with E-state index in [4.69, 9.17) is 10.5 Å². The molecule has 0 saturated carbocycles. The SMILES string of the molecule is CCOc1ccc(C(CN)Cc2ccccn2)cc1C. The van der Waals surface area contributed by atoms with E-state index in [1.807, 2.05) is 37.4 Å². The van der Waals surface area contributed by atoms with Gasteiger partial charge in [-0.05, 0) is 56.1 Å². The third-order valence-corrected chi connectivity index (χ3v) is 3.44. The molecule has 1 unspecified atom stereocenters. The smallest absolute Gasteiger partial charge is 0.122 e. The minimum absolute atomic E-state index is 0.291. The molecule has 2 aromatic rings. The lowest BCUT2D eigenvalue weighted by molar-refractivity contribution is 0.337. The van der Waals surface area contributed by atoms with Crippen molar-refractivity contribution >= 4 is 0 Å². The first-order chi connectivity index (χ1) is 9.74. The van der Waals surface area contributed by atoms with Crippen LogP contribution in [0.3, 0.4) is 0 Å². The highest BCUT2D eigenvalue weighted by Gasteiger charge is 2.13. The number of nitrogens with zero attached hydrogens (tertiary/aromatic N) is 1. The largest absolute Gasteiger partial charge is 0.494 e. The molecule has 20 heavy (non-hydrogen) atoms. The summed E-state index contributed by atoms with van der Waals surface area (Å²) in [4.78, 5) is 4.38. The zero-order valence-corrected chi connectivity index (χ0v) is 12.2. The first-order valence-electron chi connectivity index (χ1n) is 7.08. The summed E-state index contributed by atoms with van der Waals surface area (Å²) >= 11 is 0. The monoisotopic (exact) mass is 270 g/mol. The van der Waals surface area contributed by atoms with Gasteiger partial charge in [-0.25, -0.2) is 0 Å². The predicted molar refractivity (Wildman–Crippen MR) is 82.1 cm³/mol. The van der Waals surface area contributed by atoms with Crippen molar-refractivity contribution < 1.29 is 4.74 Å². The van der Waals surface area contributed by atoms with Gasteiger partial charge < -0.3 is 10.5 Å². The molecule has 2 N–H and O–H groups in total. The molecule has 3 heteroatoms. The van der Waals surface area contributed by atoms with Crippen LogP contribution in [-0.4, -0.2) is 18.1 Å². The molecule has 0 fully saturated rings. The maximum absolute atomic E-state index is 5.94. The summed E-state index contributed by atoms with van der Waals surface area (Å²) in [7, 11) is 0. The van der Waals surface area contributed by atoms with Gasteiger partial charge in [0, 0.05) is 17.8 Å². The molecule has 0 aliphatic rings. The Bertz CT molecular complexity index is 540. The zero-order valence-electron chi connectivity index (χ0n) is 12.2. The van der Waals surface area contributed by atoms with Crippen LogP contribution in [0.15, 0.2) is 42.6 Å². The van der Waals surface area contributed by atoms with E-state index in [2.05, 4.69) is 24.0 Å². The summed E-state index contributed by atoms with van der Waals surface area (Å²) in [6.07, 6.45) is 2.69. The Morgan fingerprint density at radius 2 is 2.10 bits per heavy atom. The van der Waals surface area contributed by atoms with Gasteiger partial charge in [-0.3, -0.25) is 4.98 Å². The van der Waals surface area contributed by atoms with Crippen LogP contribution in [0, 0.1) is 6.92 Å². The van der Waals surface area contributed by atoms with E-state index in [1.165, 1.54) is 5.56 Å². The van der Waals surface area contributed by atoms with Gasteiger partial charge in [0.1, 0.15) is 5.75 Å². The molecule has 0 amide bonds. The van der Waals surface area contributed by atoms with Crippen molar-refractivity contribution in [2.24, 2.45) is 5.73 Å². The molecule has 2 rings (SSSR count). The van der Waals surface area contributed by atoms with E-state index < -0.39 is 0 Å². The van der Waals surface area contributed by atoms with Crippen LogP contribution in [0.1, 0.15) is 29.7 Å². The van der Waals surface area contributed by atoms with E-state index in [0.29, 0.717) is 19.1 Å². The summed E-state index contributed by atoms with van der Waals surface area (Å²) in [6.45, 7) is 5.37. The van der Waals surface area contributed by atoms with Gasteiger partial charge in [0.05, 0.1) is 6.61 Å². The lowest BCUT2D eigenvalue weighted by Gasteiger charge is -2.17. The highest BCUT2D eigenvalue weighted by Crippen LogP contribution is 2.25. The van der Waals surface area contributed by atoms with Crippen LogP contribution in [0.25, 0.3) is 0 Å². The number of nitrogens with two attached hydrogens (primary N) is 1. The van der Waals surface area contributed by atoms with Gasteiger partial charge in [-0.2, -0.15) is 0 Å². The number of benzene rings is 1. The molecule has 1 heterocycles. The number of hydrogen-bond donors (Lipinski definition) is 1. The molecule has 0 spiro atoms. The molecule has 1 aromatic heterocycles. The number of rotatable bonds is 6. The normalized spacial score (nSPS) is 12.2. The van der Waals surface area contributed by atoms with Crippen LogP contribution in [0.4, 0.5) is 0 Å². The molecule has 106 valence electrons. The van der Waals surface area contributed by atoms with E-state index in [1.54, 1.807) is 0 Å². The van der Waals surface area contributed by atoms with Gasteiger partial charge in [0.25, 0.3) is 0 Å². The van der Waals surface area contributed by atoms with Crippen LogP contribution >= 0.6 is 0 Å². The van der Waals surface area contributed by atoms with Gasteiger partial charge in [-0.15, -0.1) is 0 Å². The number of aryl methyl sites for hydroxylation is 1. The van der Waals surface area contributed by atoms with E-state index in [0.717, 1.165) is 23.4 Å². The van der Waals surface area contributed by atoms with Gasteiger partial charge in [0.15, 0.2) is 0 Å². The summed E-state index contributed by atoms with van der Waals surface area (Å²) in [5.41, 5.74) is 9.42. The van der Waals surface area contributed by atoms with Gasteiger partial charge in [0.2, 0.25) is 0 Å². The highest BCUT2D eigenvalue weighted by molar-refractivity contribution is 5.38. The molecule has 0 saturated heterocycles. The first kappa shape index (κ1) is 14.5. The maximum Gasteiger partial charge on any atom is 0.122 e. The Kier molecular flexibility index (Phi) is 5.13. The maximum atomic E-state index is 5.94. The fourth-order valence-electron chi connectivity index (χ4n) is 2.35. The molecule has 3 nitrogen and oxygen atoms in total. The van der Waals surface area contributed by atoms with Crippen molar-refractivity contribution in [1.29, 1.82) is 0 Å². The number of hydrogen-bond acceptors (Lipinski definition) is 3. The van der Waals surface area contributed by atoms with Crippen LogP contribution < -0.4 is 10.5 Å². The van der Waals surface area contributed by atoms with Crippen molar-refractivity contribution in [3.05, 3.63) is 59.4 Å². The Morgan fingerprint density at radius 3 is 2.70 bits per heavy atom. The molecular formula is C17H22N2O. The summed E-state index contributed by atoms with van der Waals surface area (Å²) in [5.74, 6) is 1.24. The standard InChI is InChI=1S/C17H22N2O/c1-3-20-17-8-7-14(10-13(17)2)15(12-18)11-16-6-4-5-9-19-16/h4-10,15H,3,11-12,18H2,1-2H3. The van der Waals surface area contributed by atoms with E-state index >= 15 is 0 Å². The molecule has 0 bridgehead atoms. The highest BCUT2D eigenvalue weighted by atomic mass is 16.5. The van der Waals surface area contributed by atoms with Crippen LogP contribution in [-0.2, 0) is 6.42 Å². The molecule has 0 radical (unpaired) electrons. The summed E-state index contributed by atoms with van der Waals surface area (Å²) in [5, 5.41) is 0. The Labute approximate surface area is 120 Å². The van der Waals surface area contributed by atoms with Crippen molar-refractivity contribution in [1.82, 2.24) is 4.98 Å². The number of pyridine rings is 1. The Hall–Kier alpha value is -1.87. The van der Waals surface area contributed by atoms with Crippen molar-refractivity contribution in [2.75, 3.05) is 13.2 Å². The topological polar surface area (TPSA) is 48.1 Å². The fourth-order valence-corrected chi connectivity index (χ4v) is 2.35. The third-order valence-electron chi connectivity index (χ3n) is 3.44. The number of ether oxygens (including phenoxy) is 1. The molecule has 0 aliphatic carbocycles. The summed E-state index contributed by atoms with van der Waals surface area (Å²) < 4.78 is 5.58. The van der Waals surface area contributed by atoms with Crippen LogP contribution in [0.2, 0.25) is 0 Å². The number of aromatic nitrogens is 1. The second-order valence-corrected chi connectivity index (χ2v) is 4.92. The van der Waals surface area contributed by atoms with Gasteiger partial charge in [-0.1, -0.05) is 18.2 Å². The summed E-state index contributed by atoms with van der Waals surface area (Å²) in [6, 6.07) is 12.3. The minimum atomic E-state index is 0.291. The Morgan fingerprint density at radius 1 is 1.25 bits per heavy atom. The van der Waals surface area contributed by atoms with Gasteiger partial charge >= 0.3 is 0 Å². The fraction of sp³-hybridized carbons (Fsp3) is 0.353. The zero-order chi connectivity index (χ0) is 14.4. The Balaban J connectivity index is 2.17. The molecule has 1 atom stereocenters. The second-order valence-electron chi connectivity index (χ2n) is 4.92. The van der Waals surface area contributed by atoms with Crippen LogP contribution in [0.5, 0.6) is 5.75 Å². The third kappa shape index (κ3) is 3.58. The van der Waals surface area contributed by atoms with Crippen molar-refractivity contribution in [3.8, 4) is 5.75 Å². The molecule has 0 aliphatic heterocycles. The van der Waals surface area contributed by atoms with Crippen molar-refractivity contribution in [3.63, 3.8) is 0 Å². The van der Waals surface area contributed by atoms with E-state index in [9.17, 15) is 0 Å². The van der Waals surface area contributed by atoms with E-state index in [-0.39, 0.29) is 0 Å². The average molecular weight is 270 g/mol. The second kappa shape index (κ2) is 7.06. The molecular weight excluding hydrogens is 248 g/mol. The quantitative estimate of drug-likeness (QED) is 0.877. The average Bonchev–Trinajstić information content (AvgIpc) is 2.48. The molecule has 1 aromatic carbocycles. The lowest BCUT2D eigenvalue weighted by Crippen LogP contribution is -2.15.